The first-order valence-corrected chi connectivity index (χ1v) is 5.91. The van der Waals surface area contributed by atoms with E-state index >= 15 is 0 Å². The molecule has 0 saturated heterocycles. The zero-order valence-corrected chi connectivity index (χ0v) is 9.73. The maximum Gasteiger partial charge on any atom is 0.335 e. The van der Waals surface area contributed by atoms with Gasteiger partial charge < -0.3 is 5.73 Å². The number of H-pyrrole nitrogens is 1. The third kappa shape index (κ3) is 1.51. The highest BCUT2D eigenvalue weighted by Crippen LogP contribution is 2.33. The smallest absolute Gasteiger partial charge is 0.335 e. The second kappa shape index (κ2) is 3.58. The van der Waals surface area contributed by atoms with Crippen LogP contribution in [-0.2, 0) is 0 Å². The summed E-state index contributed by atoms with van der Waals surface area (Å²) in [7, 11) is 0. The van der Waals surface area contributed by atoms with Gasteiger partial charge in [-0.1, -0.05) is 12.8 Å². The molecular weight excluding hydrogens is 218 g/mol. The monoisotopic (exact) mass is 233 g/mol. The predicted octanol–water partition coefficient (Wildman–Crippen LogP) is 0.966. The van der Waals surface area contributed by atoms with Crippen molar-refractivity contribution in [1.29, 1.82) is 0 Å². The number of nitrogen functional groups attached to an aromatic ring is 1. The highest BCUT2D eigenvalue weighted by atomic mass is 16.1. The number of rotatable bonds is 1. The van der Waals surface area contributed by atoms with Crippen molar-refractivity contribution in [3.63, 3.8) is 0 Å². The Labute approximate surface area is 97.9 Å². The fourth-order valence-corrected chi connectivity index (χ4v) is 2.64. The normalized spacial score (nSPS) is 17.0. The van der Waals surface area contributed by atoms with Crippen molar-refractivity contribution < 1.29 is 0 Å². The second-order valence-corrected chi connectivity index (χ2v) is 4.62. The molecule has 2 aromatic heterocycles. The van der Waals surface area contributed by atoms with Crippen molar-refractivity contribution in [2.45, 2.75) is 38.5 Å². The number of hydrogen-bond donors (Lipinski definition) is 2. The standard InChI is InChI=1S/C11H15N5O/c1-6-8-14-10(12)15-11(17)16(8)9(13-6)7-4-2-3-5-7/h7H,2-5H2,1H3,(H3,12,14,15,17). The summed E-state index contributed by atoms with van der Waals surface area (Å²) in [5.74, 6) is 1.36. The van der Waals surface area contributed by atoms with Gasteiger partial charge in [0.05, 0.1) is 5.69 Å². The topological polar surface area (TPSA) is 89.1 Å². The van der Waals surface area contributed by atoms with Crippen LogP contribution in [0, 0.1) is 6.92 Å². The molecule has 0 spiro atoms. The minimum Gasteiger partial charge on any atom is -0.369 e. The fourth-order valence-electron chi connectivity index (χ4n) is 2.64. The second-order valence-electron chi connectivity index (χ2n) is 4.62. The Morgan fingerprint density at radius 1 is 1.35 bits per heavy atom. The maximum atomic E-state index is 11.9. The van der Waals surface area contributed by atoms with E-state index in [0.29, 0.717) is 11.6 Å². The summed E-state index contributed by atoms with van der Waals surface area (Å²) >= 11 is 0. The Morgan fingerprint density at radius 3 is 2.76 bits per heavy atom. The van der Waals surface area contributed by atoms with Gasteiger partial charge >= 0.3 is 5.69 Å². The molecule has 6 heteroatoms. The first-order chi connectivity index (χ1) is 8.16. The molecule has 0 amide bonds. The number of anilines is 1. The van der Waals surface area contributed by atoms with Crippen molar-refractivity contribution in [3.05, 3.63) is 22.0 Å². The number of aryl methyl sites for hydroxylation is 1. The summed E-state index contributed by atoms with van der Waals surface area (Å²) in [5.41, 5.74) is 6.65. The minimum atomic E-state index is -0.241. The Balaban J connectivity index is 2.29. The molecule has 1 aliphatic rings. The van der Waals surface area contributed by atoms with Gasteiger partial charge in [0.2, 0.25) is 5.95 Å². The van der Waals surface area contributed by atoms with Crippen LogP contribution in [-0.4, -0.2) is 19.4 Å². The Bertz CT molecular complexity index is 621. The number of aromatic amines is 1. The molecule has 3 N–H and O–H groups in total. The number of nitrogens with two attached hydrogens (primary N) is 1. The molecule has 0 aliphatic heterocycles. The lowest BCUT2D eigenvalue weighted by Gasteiger charge is -2.06. The fraction of sp³-hybridized carbons (Fsp3) is 0.545. The quantitative estimate of drug-likeness (QED) is 0.768. The summed E-state index contributed by atoms with van der Waals surface area (Å²) in [4.78, 5) is 23.1. The SMILES string of the molecule is Cc1nc(C2CCCC2)n2c(=O)[nH]c(N)nc12. The molecule has 17 heavy (non-hydrogen) atoms. The molecule has 0 radical (unpaired) electrons. The number of nitrogens with zero attached hydrogens (tertiary/aromatic N) is 3. The first kappa shape index (κ1) is 10.3. The molecule has 1 saturated carbocycles. The average molecular weight is 233 g/mol. The molecule has 0 unspecified atom stereocenters. The lowest BCUT2D eigenvalue weighted by atomic mass is 10.1. The zero-order chi connectivity index (χ0) is 12.0. The Morgan fingerprint density at radius 2 is 2.06 bits per heavy atom. The molecule has 0 atom stereocenters. The molecule has 2 aromatic rings. The minimum absolute atomic E-state index is 0.142. The summed E-state index contributed by atoms with van der Waals surface area (Å²) in [6.45, 7) is 1.86. The molecule has 3 rings (SSSR count). The van der Waals surface area contributed by atoms with Gasteiger partial charge in [-0.3, -0.25) is 4.98 Å². The van der Waals surface area contributed by atoms with E-state index in [1.807, 2.05) is 6.92 Å². The van der Waals surface area contributed by atoms with E-state index in [0.717, 1.165) is 24.4 Å². The summed E-state index contributed by atoms with van der Waals surface area (Å²) in [6, 6.07) is 0. The predicted molar refractivity (Wildman–Crippen MR) is 64.0 cm³/mol. The van der Waals surface area contributed by atoms with Gasteiger partial charge in [0.15, 0.2) is 5.65 Å². The van der Waals surface area contributed by atoms with E-state index in [-0.39, 0.29) is 11.6 Å². The molecule has 90 valence electrons. The molecule has 0 bridgehead atoms. The van der Waals surface area contributed by atoms with E-state index in [1.165, 1.54) is 12.8 Å². The van der Waals surface area contributed by atoms with Crippen LogP contribution in [0.5, 0.6) is 0 Å². The molecule has 6 nitrogen and oxygen atoms in total. The average Bonchev–Trinajstić information content (AvgIpc) is 2.86. The molecule has 1 aliphatic carbocycles. The molecule has 1 fully saturated rings. The first-order valence-electron chi connectivity index (χ1n) is 5.91. The van der Waals surface area contributed by atoms with Crippen molar-refractivity contribution >= 4 is 11.6 Å². The maximum absolute atomic E-state index is 11.9. The number of imidazole rings is 1. The largest absolute Gasteiger partial charge is 0.369 e. The van der Waals surface area contributed by atoms with Crippen LogP contribution in [0.15, 0.2) is 4.79 Å². The zero-order valence-electron chi connectivity index (χ0n) is 9.73. The van der Waals surface area contributed by atoms with Crippen LogP contribution in [0.2, 0.25) is 0 Å². The van der Waals surface area contributed by atoms with E-state index in [9.17, 15) is 4.79 Å². The van der Waals surface area contributed by atoms with Crippen molar-refractivity contribution in [3.8, 4) is 0 Å². The van der Waals surface area contributed by atoms with Crippen LogP contribution in [0.4, 0.5) is 5.95 Å². The summed E-state index contributed by atoms with van der Waals surface area (Å²) in [6.07, 6.45) is 4.61. The summed E-state index contributed by atoms with van der Waals surface area (Å²) < 4.78 is 1.57. The molecule has 2 heterocycles. The molecular formula is C11H15N5O. The highest BCUT2D eigenvalue weighted by molar-refractivity contribution is 5.47. The Kier molecular flexibility index (Phi) is 2.17. The highest BCUT2D eigenvalue weighted by Gasteiger charge is 2.24. The molecule has 0 aromatic carbocycles. The van der Waals surface area contributed by atoms with Crippen molar-refractivity contribution in [1.82, 2.24) is 19.4 Å². The number of hydrogen-bond acceptors (Lipinski definition) is 4. The van der Waals surface area contributed by atoms with E-state index in [1.54, 1.807) is 4.40 Å². The third-order valence-corrected chi connectivity index (χ3v) is 3.43. The number of nitrogens with one attached hydrogen (secondary N) is 1. The van der Waals surface area contributed by atoms with Gasteiger partial charge in [-0.15, -0.1) is 0 Å². The van der Waals surface area contributed by atoms with Gasteiger partial charge in [0, 0.05) is 5.92 Å². The lowest BCUT2D eigenvalue weighted by molar-refractivity contribution is 0.654. The van der Waals surface area contributed by atoms with Crippen LogP contribution in [0.1, 0.15) is 43.1 Å². The van der Waals surface area contributed by atoms with Crippen molar-refractivity contribution in [2.75, 3.05) is 5.73 Å². The van der Waals surface area contributed by atoms with E-state index in [2.05, 4.69) is 15.0 Å². The number of aromatic nitrogens is 4. The van der Waals surface area contributed by atoms with Gasteiger partial charge in [-0.25, -0.2) is 14.2 Å². The van der Waals surface area contributed by atoms with Gasteiger partial charge in [-0.2, -0.15) is 4.98 Å². The van der Waals surface area contributed by atoms with Gasteiger partial charge in [0.25, 0.3) is 0 Å². The Hall–Kier alpha value is -1.85. The third-order valence-electron chi connectivity index (χ3n) is 3.43. The summed E-state index contributed by atoms with van der Waals surface area (Å²) in [5, 5.41) is 0. The van der Waals surface area contributed by atoms with Crippen LogP contribution in [0.25, 0.3) is 5.65 Å². The van der Waals surface area contributed by atoms with E-state index < -0.39 is 0 Å². The van der Waals surface area contributed by atoms with Crippen LogP contribution >= 0.6 is 0 Å². The van der Waals surface area contributed by atoms with Crippen molar-refractivity contribution in [2.24, 2.45) is 0 Å². The van der Waals surface area contributed by atoms with Crippen LogP contribution < -0.4 is 11.4 Å². The lowest BCUT2D eigenvalue weighted by Crippen LogP contribution is -2.22. The van der Waals surface area contributed by atoms with Gasteiger partial charge in [-0.05, 0) is 19.8 Å². The number of fused-ring (bicyclic) bond motifs is 1. The van der Waals surface area contributed by atoms with E-state index in [4.69, 9.17) is 5.73 Å². The van der Waals surface area contributed by atoms with Gasteiger partial charge in [0.1, 0.15) is 5.82 Å². The van der Waals surface area contributed by atoms with Crippen LogP contribution in [0.3, 0.4) is 0 Å².